The Morgan fingerprint density at radius 2 is 0.969 bits per heavy atom. The number of nitrogens with zero attached hydrogens (tertiary/aromatic N) is 2. The van der Waals surface area contributed by atoms with Crippen LogP contribution in [0.4, 0.5) is 11.4 Å². The second kappa shape index (κ2) is 8.11. The van der Waals surface area contributed by atoms with Crippen LogP contribution in [0, 0.1) is 0 Å². The van der Waals surface area contributed by atoms with Gasteiger partial charge in [-0.25, -0.2) is 0 Å². The van der Waals surface area contributed by atoms with Gasteiger partial charge in [-0.15, -0.1) is 0 Å². The minimum absolute atomic E-state index is 0.212. The topological polar surface area (TPSA) is 98.8 Å². The van der Waals surface area contributed by atoms with E-state index in [2.05, 4.69) is 10.6 Å². The van der Waals surface area contributed by atoms with E-state index in [9.17, 15) is 19.2 Å². The first-order valence-electron chi connectivity index (χ1n) is 10.3. The standard InChI is InChI=1S/C24H28N4O4/c1-23(2,21(31)25-5)27-17-13-9-7-11-15(17)20(30)28(24(3,4)22(32)26-6)18-14-10-8-12-16(18)19(27)29/h7-14H,1-6H3,(H,25,31)(H,26,32). The molecule has 3 rings (SSSR count). The largest absolute Gasteiger partial charge is 0.357 e. The molecule has 4 amide bonds. The van der Waals surface area contributed by atoms with Crippen LogP contribution >= 0.6 is 0 Å². The van der Waals surface area contributed by atoms with Crippen LogP contribution in [-0.4, -0.2) is 48.8 Å². The summed E-state index contributed by atoms with van der Waals surface area (Å²) in [6, 6.07) is 13.2. The van der Waals surface area contributed by atoms with Crippen LogP contribution in [0.5, 0.6) is 0 Å². The monoisotopic (exact) mass is 436 g/mol. The van der Waals surface area contributed by atoms with Crippen LogP contribution < -0.4 is 20.4 Å². The van der Waals surface area contributed by atoms with Crippen LogP contribution in [0.15, 0.2) is 48.5 Å². The number of carbonyl (C=O) groups excluding carboxylic acids is 4. The van der Waals surface area contributed by atoms with Gasteiger partial charge >= 0.3 is 0 Å². The maximum Gasteiger partial charge on any atom is 0.261 e. The molecule has 0 fully saturated rings. The Morgan fingerprint density at radius 3 is 1.28 bits per heavy atom. The molecular formula is C24H28N4O4. The molecule has 0 aliphatic carbocycles. The first-order chi connectivity index (χ1) is 15.0. The molecule has 1 aliphatic heterocycles. The third kappa shape index (κ3) is 3.41. The van der Waals surface area contributed by atoms with Crippen LogP contribution in [0.25, 0.3) is 0 Å². The van der Waals surface area contributed by atoms with Crippen LogP contribution in [0.3, 0.4) is 0 Å². The maximum atomic E-state index is 13.9. The Bertz CT molecular complexity index is 1020. The molecule has 0 aromatic heterocycles. The molecule has 168 valence electrons. The number of rotatable bonds is 4. The lowest BCUT2D eigenvalue weighted by atomic mass is 9.92. The molecule has 2 aromatic rings. The van der Waals surface area contributed by atoms with E-state index in [4.69, 9.17) is 0 Å². The summed E-state index contributed by atoms with van der Waals surface area (Å²) in [5, 5.41) is 5.20. The lowest BCUT2D eigenvalue weighted by Crippen LogP contribution is -2.61. The molecule has 0 bridgehead atoms. The van der Waals surface area contributed by atoms with Crippen LogP contribution in [0.2, 0.25) is 0 Å². The van der Waals surface area contributed by atoms with Crippen molar-refractivity contribution < 1.29 is 19.2 Å². The van der Waals surface area contributed by atoms with Crippen molar-refractivity contribution in [3.05, 3.63) is 59.7 Å². The number of fused-ring (bicyclic) bond motifs is 2. The summed E-state index contributed by atoms with van der Waals surface area (Å²) in [6.45, 7) is 6.51. The van der Waals surface area contributed by atoms with E-state index < -0.39 is 22.9 Å². The summed E-state index contributed by atoms with van der Waals surface area (Å²) in [7, 11) is 2.99. The number of anilines is 2. The van der Waals surface area contributed by atoms with E-state index in [1.165, 1.54) is 23.9 Å². The van der Waals surface area contributed by atoms with Crippen molar-refractivity contribution in [1.82, 2.24) is 10.6 Å². The van der Waals surface area contributed by atoms with E-state index in [1.807, 2.05) is 0 Å². The average molecular weight is 437 g/mol. The van der Waals surface area contributed by atoms with Crippen molar-refractivity contribution in [1.29, 1.82) is 0 Å². The van der Waals surface area contributed by atoms with Crippen molar-refractivity contribution in [3.8, 4) is 0 Å². The van der Waals surface area contributed by atoms with Crippen molar-refractivity contribution in [2.24, 2.45) is 0 Å². The summed E-state index contributed by atoms with van der Waals surface area (Å²) < 4.78 is 0. The number of amides is 4. The van der Waals surface area contributed by atoms with Gasteiger partial charge in [0, 0.05) is 14.1 Å². The van der Waals surface area contributed by atoms with Gasteiger partial charge in [0.05, 0.1) is 22.5 Å². The molecule has 0 saturated heterocycles. The molecule has 0 spiro atoms. The Balaban J connectivity index is 2.40. The summed E-state index contributed by atoms with van der Waals surface area (Å²) in [5.74, 6) is -1.67. The highest BCUT2D eigenvalue weighted by molar-refractivity contribution is 6.23. The molecule has 8 heteroatoms. The second-order valence-corrected chi connectivity index (χ2v) is 8.59. The molecule has 8 nitrogen and oxygen atoms in total. The zero-order valence-electron chi connectivity index (χ0n) is 19.1. The van der Waals surface area contributed by atoms with E-state index >= 15 is 0 Å². The average Bonchev–Trinajstić information content (AvgIpc) is 2.77. The highest BCUT2D eigenvalue weighted by Crippen LogP contribution is 2.39. The number of hydrogen-bond donors (Lipinski definition) is 2. The molecule has 1 heterocycles. The van der Waals surface area contributed by atoms with Crippen molar-refractivity contribution >= 4 is 35.0 Å². The van der Waals surface area contributed by atoms with Gasteiger partial charge in [0.2, 0.25) is 11.8 Å². The molecule has 0 saturated carbocycles. The fourth-order valence-corrected chi connectivity index (χ4v) is 4.08. The van der Waals surface area contributed by atoms with E-state index in [1.54, 1.807) is 76.2 Å². The third-order valence-electron chi connectivity index (χ3n) is 5.84. The van der Waals surface area contributed by atoms with Crippen molar-refractivity contribution in [3.63, 3.8) is 0 Å². The first kappa shape index (κ1) is 23.0. The van der Waals surface area contributed by atoms with Gasteiger partial charge in [-0.05, 0) is 52.0 Å². The zero-order valence-corrected chi connectivity index (χ0v) is 19.1. The molecule has 1 aliphatic rings. The quantitative estimate of drug-likeness (QED) is 0.769. The third-order valence-corrected chi connectivity index (χ3v) is 5.84. The lowest BCUT2D eigenvalue weighted by Gasteiger charge is -2.43. The SMILES string of the molecule is CNC(=O)C(C)(C)N1C(=O)c2ccccc2N(C(C)(C)C(=O)NC)C(=O)c2ccccc21. The number of para-hydroxylation sites is 2. The number of hydrogen-bond acceptors (Lipinski definition) is 4. The minimum atomic E-state index is -1.30. The molecule has 2 aromatic carbocycles. The highest BCUT2D eigenvalue weighted by atomic mass is 16.2. The van der Waals surface area contributed by atoms with Gasteiger partial charge in [-0.2, -0.15) is 0 Å². The summed E-state index contributed by atoms with van der Waals surface area (Å²) in [4.78, 5) is 56.1. The molecular weight excluding hydrogens is 408 g/mol. The van der Waals surface area contributed by atoms with Crippen molar-refractivity contribution in [2.45, 2.75) is 38.8 Å². The predicted octanol–water partition coefficient (Wildman–Crippen LogP) is 2.34. The number of carbonyl (C=O) groups is 4. The Kier molecular flexibility index (Phi) is 5.82. The predicted molar refractivity (Wildman–Crippen MR) is 123 cm³/mol. The number of likely N-dealkylation sites (N-methyl/N-ethyl adjacent to an activating group) is 2. The van der Waals surface area contributed by atoms with E-state index in [-0.39, 0.29) is 22.9 Å². The highest BCUT2D eigenvalue weighted by Gasteiger charge is 2.47. The second-order valence-electron chi connectivity index (χ2n) is 8.59. The molecule has 2 N–H and O–H groups in total. The summed E-state index contributed by atoms with van der Waals surface area (Å²) >= 11 is 0. The van der Waals surface area contributed by atoms with Gasteiger partial charge in [0.25, 0.3) is 11.8 Å². The molecule has 32 heavy (non-hydrogen) atoms. The van der Waals surface area contributed by atoms with Gasteiger partial charge in [-0.3, -0.25) is 29.0 Å². The normalized spacial score (nSPS) is 14.2. The zero-order chi connectivity index (χ0) is 23.8. The fraction of sp³-hybridized carbons (Fsp3) is 0.333. The maximum absolute atomic E-state index is 13.9. The Hall–Kier alpha value is -3.68. The van der Waals surface area contributed by atoms with Crippen LogP contribution in [0.1, 0.15) is 48.4 Å². The minimum Gasteiger partial charge on any atom is -0.357 e. The lowest BCUT2D eigenvalue weighted by molar-refractivity contribution is -0.125. The van der Waals surface area contributed by atoms with Gasteiger partial charge in [-0.1, -0.05) is 24.3 Å². The first-order valence-corrected chi connectivity index (χ1v) is 10.3. The van der Waals surface area contributed by atoms with E-state index in [0.717, 1.165) is 0 Å². The Labute approximate surface area is 187 Å². The van der Waals surface area contributed by atoms with Crippen LogP contribution in [-0.2, 0) is 9.59 Å². The van der Waals surface area contributed by atoms with E-state index in [0.29, 0.717) is 11.4 Å². The molecule has 0 radical (unpaired) electrons. The number of benzene rings is 2. The van der Waals surface area contributed by atoms with Gasteiger partial charge in [0.15, 0.2) is 0 Å². The fourth-order valence-electron chi connectivity index (χ4n) is 4.08. The Morgan fingerprint density at radius 1 is 0.656 bits per heavy atom. The number of nitrogens with one attached hydrogen (secondary N) is 2. The summed E-state index contributed by atoms with van der Waals surface area (Å²) in [5.41, 5.74) is -1.58. The molecule has 0 unspecified atom stereocenters. The van der Waals surface area contributed by atoms with Crippen molar-refractivity contribution in [2.75, 3.05) is 23.9 Å². The van der Waals surface area contributed by atoms with Gasteiger partial charge < -0.3 is 10.6 Å². The molecule has 0 atom stereocenters. The van der Waals surface area contributed by atoms with Gasteiger partial charge in [0.1, 0.15) is 11.1 Å². The smallest absolute Gasteiger partial charge is 0.261 e. The summed E-state index contributed by atoms with van der Waals surface area (Å²) in [6.07, 6.45) is 0.